The summed E-state index contributed by atoms with van der Waals surface area (Å²) in [6.45, 7) is 1.87. The summed E-state index contributed by atoms with van der Waals surface area (Å²) >= 11 is 6.07. The molecule has 0 radical (unpaired) electrons. The van der Waals surface area contributed by atoms with Crippen molar-refractivity contribution in [2.24, 2.45) is 5.92 Å². The second-order valence-corrected chi connectivity index (χ2v) is 8.38. The van der Waals surface area contributed by atoms with Gasteiger partial charge in [-0.25, -0.2) is 0 Å². The first-order valence-corrected chi connectivity index (χ1v) is 11.1. The minimum atomic E-state index is -0.0741. The molecule has 162 valence electrons. The summed E-state index contributed by atoms with van der Waals surface area (Å²) in [6.07, 6.45) is 3.23. The Morgan fingerprint density at radius 1 is 1.03 bits per heavy atom. The first kappa shape index (κ1) is 20.5. The Kier molecular flexibility index (Phi) is 5.77. The van der Waals surface area contributed by atoms with Crippen LogP contribution in [-0.4, -0.2) is 29.0 Å². The van der Waals surface area contributed by atoms with Gasteiger partial charge in [0.15, 0.2) is 5.58 Å². The Balaban J connectivity index is 1.32. The number of aromatic nitrogens is 2. The molecule has 0 saturated carbocycles. The van der Waals surface area contributed by atoms with E-state index in [-0.39, 0.29) is 11.8 Å². The number of hydrogen-bond donors (Lipinski definition) is 0. The molecule has 0 N–H and O–H groups in total. The van der Waals surface area contributed by atoms with E-state index in [9.17, 15) is 4.79 Å². The molecular weight excluding hydrogens is 424 g/mol. The van der Waals surface area contributed by atoms with Gasteiger partial charge >= 0.3 is 0 Å². The maximum Gasteiger partial charge on any atom is 0.298 e. The van der Waals surface area contributed by atoms with E-state index < -0.39 is 0 Å². The highest BCUT2D eigenvalue weighted by Crippen LogP contribution is 2.29. The molecule has 0 bridgehead atoms. The second-order valence-electron chi connectivity index (χ2n) is 7.95. The van der Waals surface area contributed by atoms with Crippen LogP contribution >= 0.6 is 11.6 Å². The van der Waals surface area contributed by atoms with E-state index in [1.165, 1.54) is 0 Å². The van der Waals surface area contributed by atoms with Crippen LogP contribution in [0.3, 0.4) is 0 Å². The van der Waals surface area contributed by atoms with Crippen LogP contribution in [0.1, 0.15) is 18.5 Å². The number of fused-ring (bicyclic) bond motifs is 1. The van der Waals surface area contributed by atoms with Gasteiger partial charge < -0.3 is 14.2 Å². The fourth-order valence-electron chi connectivity index (χ4n) is 4.10. The molecule has 0 unspecified atom stereocenters. The summed E-state index contributed by atoms with van der Waals surface area (Å²) < 4.78 is 5.91. The van der Waals surface area contributed by atoms with Gasteiger partial charge in [0.2, 0.25) is 5.91 Å². The summed E-state index contributed by atoms with van der Waals surface area (Å²) in [4.78, 5) is 26.5. The molecule has 32 heavy (non-hydrogen) atoms. The molecule has 1 aliphatic rings. The number of anilines is 2. The summed E-state index contributed by atoms with van der Waals surface area (Å²) in [5.74, 6) is 0.0326. The number of pyridine rings is 1. The van der Waals surface area contributed by atoms with Crippen molar-refractivity contribution in [1.29, 1.82) is 0 Å². The van der Waals surface area contributed by atoms with Crippen LogP contribution in [0, 0.1) is 5.92 Å². The normalized spacial score (nSPS) is 14.6. The molecule has 7 heteroatoms. The van der Waals surface area contributed by atoms with Crippen LogP contribution in [0.25, 0.3) is 11.1 Å². The lowest BCUT2D eigenvalue weighted by molar-refractivity contribution is -0.123. The zero-order chi connectivity index (χ0) is 21.9. The Bertz CT molecular complexity index is 1170. The molecule has 0 aliphatic carbocycles. The smallest absolute Gasteiger partial charge is 0.298 e. The van der Waals surface area contributed by atoms with Gasteiger partial charge in [0.1, 0.15) is 5.52 Å². The fraction of sp³-hybridized carbons (Fsp3) is 0.240. The van der Waals surface area contributed by atoms with Gasteiger partial charge in [-0.3, -0.25) is 9.78 Å². The quantitative estimate of drug-likeness (QED) is 0.415. The number of carbonyl (C=O) groups excluding carboxylic acids is 1. The fourth-order valence-corrected chi connectivity index (χ4v) is 4.23. The molecule has 3 heterocycles. The van der Waals surface area contributed by atoms with Crippen LogP contribution in [0.15, 0.2) is 77.3 Å². The van der Waals surface area contributed by atoms with E-state index in [0.717, 1.165) is 48.4 Å². The molecular formula is C25H23ClN4O2. The van der Waals surface area contributed by atoms with Crippen molar-refractivity contribution < 1.29 is 9.21 Å². The average Bonchev–Trinajstić information content (AvgIpc) is 3.28. The molecule has 1 saturated heterocycles. The van der Waals surface area contributed by atoms with E-state index in [2.05, 4.69) is 14.9 Å². The van der Waals surface area contributed by atoms with E-state index in [0.29, 0.717) is 17.6 Å². The maximum atomic E-state index is 13.6. The van der Waals surface area contributed by atoms with E-state index in [1.54, 1.807) is 6.20 Å². The molecule has 1 amide bonds. The molecule has 2 aromatic carbocycles. The first-order chi connectivity index (χ1) is 15.7. The van der Waals surface area contributed by atoms with Crippen molar-refractivity contribution in [3.8, 4) is 0 Å². The molecule has 5 rings (SSSR count). The van der Waals surface area contributed by atoms with Crippen molar-refractivity contribution in [1.82, 2.24) is 9.97 Å². The van der Waals surface area contributed by atoms with Crippen molar-refractivity contribution in [3.63, 3.8) is 0 Å². The van der Waals surface area contributed by atoms with E-state index in [4.69, 9.17) is 16.0 Å². The highest BCUT2D eigenvalue weighted by Gasteiger charge is 2.31. The average molecular weight is 447 g/mol. The van der Waals surface area contributed by atoms with Gasteiger partial charge in [-0.05, 0) is 61.4 Å². The summed E-state index contributed by atoms with van der Waals surface area (Å²) in [6, 6.07) is 21.5. The van der Waals surface area contributed by atoms with Crippen molar-refractivity contribution in [2.45, 2.75) is 19.4 Å². The molecule has 0 atom stereocenters. The number of benzene rings is 2. The minimum Gasteiger partial charge on any atom is -0.423 e. The number of oxazole rings is 1. The SMILES string of the molecule is O=C(C1CCN(c2nc3ccccc3o2)CC1)N(Cc1ccccn1)c1ccc(Cl)cc1. The standard InChI is InChI=1S/C25H23ClN4O2/c26-19-8-10-21(11-9-19)30(17-20-5-3-4-14-27-20)24(31)18-12-15-29(16-13-18)25-28-22-6-1-2-7-23(22)32-25/h1-11,14,18H,12-13,15-17H2. The van der Waals surface area contributed by atoms with Crippen LogP contribution in [0.2, 0.25) is 5.02 Å². The number of piperidine rings is 1. The van der Waals surface area contributed by atoms with E-state index in [1.807, 2.05) is 71.6 Å². The van der Waals surface area contributed by atoms with Gasteiger partial charge in [-0.15, -0.1) is 0 Å². The number of hydrogen-bond acceptors (Lipinski definition) is 5. The molecule has 1 aliphatic heterocycles. The van der Waals surface area contributed by atoms with Crippen molar-refractivity contribution in [2.75, 3.05) is 22.9 Å². The predicted molar refractivity (Wildman–Crippen MR) is 126 cm³/mol. The third-order valence-electron chi connectivity index (χ3n) is 5.85. The largest absolute Gasteiger partial charge is 0.423 e. The number of amides is 1. The number of halogens is 1. The Morgan fingerprint density at radius 3 is 2.50 bits per heavy atom. The molecule has 4 aromatic rings. The molecule has 1 fully saturated rings. The van der Waals surface area contributed by atoms with Gasteiger partial charge in [0.05, 0.1) is 12.2 Å². The summed E-state index contributed by atoms with van der Waals surface area (Å²) in [5.41, 5.74) is 3.31. The Labute approximate surface area is 191 Å². The maximum absolute atomic E-state index is 13.6. The number of carbonyl (C=O) groups is 1. The van der Waals surface area contributed by atoms with Crippen LogP contribution in [0.4, 0.5) is 11.7 Å². The monoisotopic (exact) mass is 446 g/mol. The Morgan fingerprint density at radius 2 is 1.78 bits per heavy atom. The van der Waals surface area contributed by atoms with Crippen molar-refractivity contribution >= 4 is 40.3 Å². The second kappa shape index (κ2) is 9.01. The number of nitrogens with zero attached hydrogens (tertiary/aromatic N) is 4. The third kappa shape index (κ3) is 4.32. The lowest BCUT2D eigenvalue weighted by atomic mass is 9.95. The van der Waals surface area contributed by atoms with Crippen molar-refractivity contribution in [3.05, 3.63) is 83.6 Å². The zero-order valence-corrected chi connectivity index (χ0v) is 18.3. The number of rotatable bonds is 5. The van der Waals surface area contributed by atoms with Gasteiger partial charge in [-0.2, -0.15) is 4.98 Å². The predicted octanol–water partition coefficient (Wildman–Crippen LogP) is 5.33. The van der Waals surface area contributed by atoms with E-state index >= 15 is 0 Å². The molecule has 6 nitrogen and oxygen atoms in total. The summed E-state index contributed by atoms with van der Waals surface area (Å²) in [5, 5.41) is 0.644. The zero-order valence-electron chi connectivity index (χ0n) is 17.5. The first-order valence-electron chi connectivity index (χ1n) is 10.7. The van der Waals surface area contributed by atoms with Gasteiger partial charge in [0.25, 0.3) is 6.01 Å². The summed E-state index contributed by atoms with van der Waals surface area (Å²) in [7, 11) is 0. The third-order valence-corrected chi connectivity index (χ3v) is 6.10. The highest BCUT2D eigenvalue weighted by atomic mass is 35.5. The van der Waals surface area contributed by atoms with Crippen LogP contribution in [0.5, 0.6) is 0 Å². The lowest BCUT2D eigenvalue weighted by Crippen LogP contribution is -2.42. The van der Waals surface area contributed by atoms with Crippen LogP contribution < -0.4 is 9.80 Å². The lowest BCUT2D eigenvalue weighted by Gasteiger charge is -2.33. The van der Waals surface area contributed by atoms with Gasteiger partial charge in [-0.1, -0.05) is 29.8 Å². The number of para-hydroxylation sites is 2. The Hall–Kier alpha value is -3.38. The minimum absolute atomic E-state index is 0.0741. The molecule has 2 aromatic heterocycles. The molecule has 0 spiro atoms. The topological polar surface area (TPSA) is 62.5 Å². The van der Waals surface area contributed by atoms with Crippen LogP contribution in [-0.2, 0) is 11.3 Å². The van der Waals surface area contributed by atoms with Gasteiger partial charge in [0, 0.05) is 35.9 Å². The highest BCUT2D eigenvalue weighted by molar-refractivity contribution is 6.30.